The van der Waals surface area contributed by atoms with Crippen molar-refractivity contribution >= 4 is 16.7 Å². The number of aromatic amines is 1. The van der Waals surface area contributed by atoms with Crippen LogP contribution in [-0.2, 0) is 6.42 Å². The van der Waals surface area contributed by atoms with Gasteiger partial charge in [-0.15, -0.1) is 0 Å². The molecule has 0 radical (unpaired) electrons. The Bertz CT molecular complexity index is 554. The molecule has 2 aromatic rings. The summed E-state index contributed by atoms with van der Waals surface area (Å²) in [7, 11) is 1.64. The first kappa shape index (κ1) is 8.53. The number of para-hydroxylation sites is 1. The highest BCUT2D eigenvalue weighted by Gasteiger charge is 2.24. The van der Waals surface area contributed by atoms with Crippen LogP contribution in [0.15, 0.2) is 18.2 Å². The fourth-order valence-electron chi connectivity index (χ4n) is 2.28. The van der Waals surface area contributed by atoms with E-state index in [0.29, 0.717) is 6.42 Å². The summed E-state index contributed by atoms with van der Waals surface area (Å²) in [5.74, 6) is 1.01. The highest BCUT2D eigenvalue weighted by Crippen LogP contribution is 2.34. The number of carbonyl (C=O) groups excluding carboxylic acids is 1. The average Bonchev–Trinajstić information content (AvgIpc) is 2.79. The number of rotatable bonds is 1. The maximum absolute atomic E-state index is 11.6. The normalized spacial score (nSPS) is 14.6. The van der Waals surface area contributed by atoms with Gasteiger partial charge in [0, 0.05) is 11.8 Å². The minimum atomic E-state index is 0.211. The van der Waals surface area contributed by atoms with E-state index in [1.807, 2.05) is 18.2 Å². The first-order valence-electron chi connectivity index (χ1n) is 5.02. The molecule has 1 aliphatic rings. The fraction of sp³-hybridized carbons (Fsp3) is 0.250. The smallest absolute Gasteiger partial charge is 0.179 e. The Labute approximate surface area is 87.1 Å². The van der Waals surface area contributed by atoms with Crippen molar-refractivity contribution in [2.45, 2.75) is 12.8 Å². The molecule has 76 valence electrons. The Balaban J connectivity index is 2.38. The zero-order valence-electron chi connectivity index (χ0n) is 8.46. The molecule has 1 aromatic heterocycles. The first-order valence-corrected chi connectivity index (χ1v) is 5.02. The highest BCUT2D eigenvalue weighted by molar-refractivity contribution is 6.06. The molecule has 1 heterocycles. The van der Waals surface area contributed by atoms with Crippen molar-refractivity contribution in [1.29, 1.82) is 0 Å². The molecule has 0 amide bonds. The van der Waals surface area contributed by atoms with E-state index in [1.54, 1.807) is 7.11 Å². The molecule has 3 rings (SSSR count). The molecule has 0 saturated heterocycles. The quantitative estimate of drug-likeness (QED) is 0.769. The van der Waals surface area contributed by atoms with Crippen LogP contribution in [0.1, 0.15) is 22.5 Å². The first-order chi connectivity index (χ1) is 7.31. The van der Waals surface area contributed by atoms with E-state index < -0.39 is 0 Å². The third-order valence-electron chi connectivity index (χ3n) is 3.00. The lowest BCUT2D eigenvalue weighted by Crippen LogP contribution is -1.92. The molecule has 1 aromatic carbocycles. The Morgan fingerprint density at radius 3 is 3.00 bits per heavy atom. The zero-order valence-corrected chi connectivity index (χ0v) is 8.46. The monoisotopic (exact) mass is 201 g/mol. The summed E-state index contributed by atoms with van der Waals surface area (Å²) >= 11 is 0. The molecule has 0 spiro atoms. The second kappa shape index (κ2) is 2.86. The Kier molecular flexibility index (Phi) is 1.63. The number of Topliss-reactive ketones (excluding diaryl/α,β-unsaturated/α-hetero) is 1. The molecule has 0 unspecified atom stereocenters. The van der Waals surface area contributed by atoms with E-state index in [9.17, 15) is 4.79 Å². The van der Waals surface area contributed by atoms with Crippen LogP contribution in [0.2, 0.25) is 0 Å². The fourth-order valence-corrected chi connectivity index (χ4v) is 2.28. The van der Waals surface area contributed by atoms with Gasteiger partial charge in [0.25, 0.3) is 0 Å². The number of hydrogen-bond donors (Lipinski definition) is 1. The maximum atomic E-state index is 11.6. The number of ketones is 1. The summed E-state index contributed by atoms with van der Waals surface area (Å²) in [6.07, 6.45) is 1.48. The molecule has 0 fully saturated rings. The molecule has 3 nitrogen and oxygen atoms in total. The van der Waals surface area contributed by atoms with Gasteiger partial charge in [0.2, 0.25) is 0 Å². The number of aryl methyl sites for hydroxylation is 1. The van der Waals surface area contributed by atoms with E-state index in [-0.39, 0.29) is 5.78 Å². The number of H-pyrrole nitrogens is 1. The van der Waals surface area contributed by atoms with Gasteiger partial charge in [-0.1, -0.05) is 12.1 Å². The zero-order chi connectivity index (χ0) is 10.4. The van der Waals surface area contributed by atoms with Gasteiger partial charge in [-0.3, -0.25) is 4.79 Å². The van der Waals surface area contributed by atoms with Crippen molar-refractivity contribution in [2.24, 2.45) is 0 Å². The van der Waals surface area contributed by atoms with Crippen LogP contribution in [0.4, 0.5) is 0 Å². The maximum Gasteiger partial charge on any atom is 0.179 e. The molecular weight excluding hydrogens is 190 g/mol. The molecule has 1 aliphatic carbocycles. The van der Waals surface area contributed by atoms with Crippen molar-refractivity contribution < 1.29 is 9.53 Å². The number of hydrogen-bond acceptors (Lipinski definition) is 2. The lowest BCUT2D eigenvalue weighted by molar-refractivity contribution is 0.0991. The van der Waals surface area contributed by atoms with E-state index >= 15 is 0 Å². The summed E-state index contributed by atoms with van der Waals surface area (Å²) < 4.78 is 5.26. The van der Waals surface area contributed by atoms with Gasteiger partial charge in [-0.05, 0) is 18.1 Å². The van der Waals surface area contributed by atoms with E-state index in [1.165, 1.54) is 0 Å². The molecule has 1 N–H and O–H groups in total. The summed E-state index contributed by atoms with van der Waals surface area (Å²) in [6.45, 7) is 0. The number of ether oxygens (including phenoxy) is 1. The largest absolute Gasteiger partial charge is 0.495 e. The number of benzene rings is 1. The van der Waals surface area contributed by atoms with Crippen molar-refractivity contribution in [3.63, 3.8) is 0 Å². The molecule has 15 heavy (non-hydrogen) atoms. The van der Waals surface area contributed by atoms with Crippen molar-refractivity contribution in [1.82, 2.24) is 4.98 Å². The van der Waals surface area contributed by atoms with Crippen LogP contribution in [0.3, 0.4) is 0 Å². The standard InChI is InChI=1S/C12H11NO2/c1-15-10-4-2-3-7-8-5-6-9(14)11(8)13-12(7)10/h2-4,13H,5-6H2,1H3. The van der Waals surface area contributed by atoms with Gasteiger partial charge in [0.15, 0.2) is 5.78 Å². The number of carbonyl (C=O) groups is 1. The van der Waals surface area contributed by atoms with Crippen molar-refractivity contribution in [3.05, 3.63) is 29.5 Å². The average molecular weight is 201 g/mol. The van der Waals surface area contributed by atoms with E-state index in [2.05, 4.69) is 4.98 Å². The van der Waals surface area contributed by atoms with Gasteiger partial charge >= 0.3 is 0 Å². The van der Waals surface area contributed by atoms with Gasteiger partial charge in [-0.25, -0.2) is 0 Å². The van der Waals surface area contributed by atoms with Gasteiger partial charge in [0.05, 0.1) is 18.3 Å². The van der Waals surface area contributed by atoms with Gasteiger partial charge in [-0.2, -0.15) is 0 Å². The summed E-state index contributed by atoms with van der Waals surface area (Å²) in [5.41, 5.74) is 2.86. The van der Waals surface area contributed by atoms with Crippen molar-refractivity contribution in [3.8, 4) is 5.75 Å². The van der Waals surface area contributed by atoms with Gasteiger partial charge in [0.1, 0.15) is 5.75 Å². The number of methoxy groups -OCH3 is 1. The summed E-state index contributed by atoms with van der Waals surface area (Å²) in [5, 5.41) is 1.12. The number of fused-ring (bicyclic) bond motifs is 3. The van der Waals surface area contributed by atoms with Crippen LogP contribution >= 0.6 is 0 Å². The lowest BCUT2D eigenvalue weighted by Gasteiger charge is -2.01. The molecule has 0 atom stereocenters. The summed E-state index contributed by atoms with van der Waals surface area (Å²) in [6, 6.07) is 5.89. The highest BCUT2D eigenvalue weighted by atomic mass is 16.5. The second-order valence-electron chi connectivity index (χ2n) is 3.78. The Morgan fingerprint density at radius 2 is 2.20 bits per heavy atom. The minimum Gasteiger partial charge on any atom is -0.495 e. The summed E-state index contributed by atoms with van der Waals surface area (Å²) in [4.78, 5) is 14.7. The molecule has 3 heteroatoms. The molecule has 0 aliphatic heterocycles. The third-order valence-corrected chi connectivity index (χ3v) is 3.00. The third kappa shape index (κ3) is 1.03. The minimum absolute atomic E-state index is 0.211. The Hall–Kier alpha value is -1.77. The van der Waals surface area contributed by atoms with Crippen LogP contribution < -0.4 is 4.74 Å². The van der Waals surface area contributed by atoms with Crippen LogP contribution in [0, 0.1) is 0 Å². The SMILES string of the molecule is COc1cccc2c3c([nH]c12)C(=O)CC3. The van der Waals surface area contributed by atoms with Gasteiger partial charge < -0.3 is 9.72 Å². The Morgan fingerprint density at radius 1 is 1.33 bits per heavy atom. The van der Waals surface area contributed by atoms with Crippen molar-refractivity contribution in [2.75, 3.05) is 7.11 Å². The lowest BCUT2D eigenvalue weighted by atomic mass is 10.1. The second-order valence-corrected chi connectivity index (χ2v) is 3.78. The van der Waals surface area contributed by atoms with Crippen LogP contribution in [0.25, 0.3) is 10.9 Å². The number of nitrogens with one attached hydrogen (secondary N) is 1. The number of aromatic nitrogens is 1. The molecule has 0 saturated carbocycles. The predicted molar refractivity (Wildman–Crippen MR) is 57.5 cm³/mol. The van der Waals surface area contributed by atoms with Crippen LogP contribution in [-0.4, -0.2) is 17.9 Å². The van der Waals surface area contributed by atoms with E-state index in [4.69, 9.17) is 4.74 Å². The van der Waals surface area contributed by atoms with E-state index in [0.717, 1.165) is 34.3 Å². The molecule has 0 bridgehead atoms. The predicted octanol–water partition coefficient (Wildman–Crippen LogP) is 2.31. The van der Waals surface area contributed by atoms with Crippen LogP contribution in [0.5, 0.6) is 5.75 Å². The molecular formula is C12H11NO2. The topological polar surface area (TPSA) is 42.1 Å².